The summed E-state index contributed by atoms with van der Waals surface area (Å²) in [6, 6.07) is 0. The Balaban J connectivity index is 4.31. The molecule has 0 bridgehead atoms. The van der Waals surface area contributed by atoms with E-state index in [-0.39, 0.29) is 26.1 Å². The monoisotopic (exact) mass is 895 g/mol. The molecule has 0 heterocycles. The molecule has 0 aromatic heterocycles. The molecule has 0 aliphatic carbocycles. The Bertz CT molecular complexity index is 1190. The van der Waals surface area contributed by atoms with Gasteiger partial charge in [-0.15, -0.1) is 0 Å². The highest BCUT2D eigenvalue weighted by atomic mass is 31.2. The number of allylic oxidation sites excluding steroid dienone is 8. The first-order valence-corrected chi connectivity index (χ1v) is 26.9. The number of likely N-dealkylation sites (N-methyl/N-ethyl adjacent to an activating group) is 1. The Kier molecular flexibility index (Phi) is 42.7. The van der Waals surface area contributed by atoms with Gasteiger partial charge in [0.1, 0.15) is 19.8 Å². The second-order valence-electron chi connectivity index (χ2n) is 18.2. The highest BCUT2D eigenvalue weighted by Gasteiger charge is 2.27. The van der Waals surface area contributed by atoms with Crippen LogP contribution < -0.4 is 0 Å². The maximum atomic E-state index is 12.7. The summed E-state index contributed by atoms with van der Waals surface area (Å²) in [6.07, 6.45) is 53.2. The summed E-state index contributed by atoms with van der Waals surface area (Å²) in [7, 11) is 1.44. The molecule has 10 heteroatoms. The minimum Gasteiger partial charge on any atom is -0.462 e. The molecule has 0 radical (unpaired) electrons. The molecule has 1 N–H and O–H groups in total. The Morgan fingerprint density at radius 3 is 1.42 bits per heavy atom. The van der Waals surface area contributed by atoms with Crippen molar-refractivity contribution in [1.29, 1.82) is 0 Å². The van der Waals surface area contributed by atoms with Crippen molar-refractivity contribution >= 4 is 19.8 Å². The second kappa shape index (κ2) is 44.2. The summed E-state index contributed by atoms with van der Waals surface area (Å²) in [5.74, 6) is -0.861. The average molecular weight is 895 g/mol. The molecule has 0 fully saturated rings. The highest BCUT2D eigenvalue weighted by Crippen LogP contribution is 2.43. The lowest BCUT2D eigenvalue weighted by molar-refractivity contribution is -0.870. The lowest BCUT2D eigenvalue weighted by Gasteiger charge is -2.24. The van der Waals surface area contributed by atoms with Crippen LogP contribution in [0.3, 0.4) is 0 Å². The van der Waals surface area contributed by atoms with Crippen LogP contribution in [0.4, 0.5) is 0 Å². The summed E-state index contributed by atoms with van der Waals surface area (Å²) in [5.41, 5.74) is 0. The third kappa shape index (κ3) is 47.4. The van der Waals surface area contributed by atoms with Crippen LogP contribution in [-0.4, -0.2) is 74.9 Å². The summed E-state index contributed by atoms with van der Waals surface area (Å²) >= 11 is 0. The van der Waals surface area contributed by atoms with E-state index in [1.807, 2.05) is 21.1 Å². The number of phosphoric ester groups is 1. The number of rotatable bonds is 46. The predicted octanol–water partition coefficient (Wildman–Crippen LogP) is 15.0. The van der Waals surface area contributed by atoms with E-state index in [0.29, 0.717) is 23.9 Å². The molecule has 2 atom stereocenters. The van der Waals surface area contributed by atoms with Crippen molar-refractivity contribution in [2.24, 2.45) is 0 Å². The van der Waals surface area contributed by atoms with Crippen molar-refractivity contribution in [3.05, 3.63) is 48.6 Å². The first-order valence-electron chi connectivity index (χ1n) is 25.4. The fraction of sp³-hybridized carbons (Fsp3) is 0.808. The highest BCUT2D eigenvalue weighted by molar-refractivity contribution is 7.47. The van der Waals surface area contributed by atoms with Crippen molar-refractivity contribution < 1.29 is 42.1 Å². The topological polar surface area (TPSA) is 108 Å². The van der Waals surface area contributed by atoms with Gasteiger partial charge in [-0.2, -0.15) is 0 Å². The van der Waals surface area contributed by atoms with E-state index in [0.717, 1.165) is 64.2 Å². The standard InChI is InChI=1S/C52H96NO8P/c1-6-8-10-12-14-16-18-20-22-23-24-25-26-27-28-29-31-33-35-37-39-41-43-45-52(55)61-50(49-60-62(56,57)59-47-46-53(3,4)5)48-58-51(54)44-42-40-38-36-34-32-30-21-19-17-15-13-11-9-7-2/h15,17,21,29-31,37,39,50H,6-14,16,18-20,22-28,32-36,38,40-49H2,1-5H3/p+1/b17-15+,30-21+,31-29+,39-37+/t50-/m1/s1. The van der Waals surface area contributed by atoms with Crippen LogP contribution in [-0.2, 0) is 32.7 Å². The van der Waals surface area contributed by atoms with E-state index in [9.17, 15) is 19.0 Å². The largest absolute Gasteiger partial charge is 0.472 e. The van der Waals surface area contributed by atoms with Crippen molar-refractivity contribution in [3.63, 3.8) is 0 Å². The normalized spacial score (nSPS) is 13.8. The first kappa shape index (κ1) is 60.0. The number of carbonyl (C=O) groups is 2. The Labute approximate surface area is 382 Å². The number of unbranched alkanes of at least 4 members (excludes halogenated alkanes) is 24. The van der Waals surface area contributed by atoms with Crippen LogP contribution in [0.25, 0.3) is 0 Å². The number of hydrogen-bond acceptors (Lipinski definition) is 7. The molecule has 0 aliphatic rings. The number of esters is 2. The zero-order chi connectivity index (χ0) is 45.7. The van der Waals surface area contributed by atoms with E-state index in [1.54, 1.807) is 0 Å². The van der Waals surface area contributed by atoms with Gasteiger partial charge >= 0.3 is 19.8 Å². The average Bonchev–Trinajstić information content (AvgIpc) is 3.23. The fourth-order valence-electron chi connectivity index (χ4n) is 6.83. The van der Waals surface area contributed by atoms with Gasteiger partial charge in [0.25, 0.3) is 0 Å². The fourth-order valence-corrected chi connectivity index (χ4v) is 7.57. The molecule has 0 saturated carbocycles. The molecular formula is C52H97NO8P+. The van der Waals surface area contributed by atoms with Gasteiger partial charge in [0, 0.05) is 12.8 Å². The van der Waals surface area contributed by atoms with Gasteiger partial charge in [-0.1, -0.05) is 178 Å². The molecule has 0 aliphatic heterocycles. The lowest BCUT2D eigenvalue weighted by Crippen LogP contribution is -2.37. The van der Waals surface area contributed by atoms with Crippen molar-refractivity contribution in [2.45, 2.75) is 225 Å². The quantitative estimate of drug-likeness (QED) is 0.0212. The Hall–Kier alpha value is -2.03. The minimum absolute atomic E-state index is 0.0214. The number of phosphoric acid groups is 1. The van der Waals surface area contributed by atoms with Crippen LogP contribution >= 0.6 is 7.82 Å². The Morgan fingerprint density at radius 1 is 0.500 bits per heavy atom. The molecule has 362 valence electrons. The lowest BCUT2D eigenvalue weighted by atomic mass is 10.0. The molecule has 0 rings (SSSR count). The van der Waals surface area contributed by atoms with Gasteiger partial charge in [0.05, 0.1) is 27.7 Å². The van der Waals surface area contributed by atoms with Gasteiger partial charge in [-0.05, 0) is 77.0 Å². The number of hydrogen-bond donors (Lipinski definition) is 1. The minimum atomic E-state index is -4.39. The van der Waals surface area contributed by atoms with E-state index >= 15 is 0 Å². The molecule has 0 spiro atoms. The van der Waals surface area contributed by atoms with Gasteiger partial charge in [-0.25, -0.2) is 4.57 Å². The van der Waals surface area contributed by atoms with E-state index in [1.165, 1.54) is 116 Å². The predicted molar refractivity (Wildman–Crippen MR) is 261 cm³/mol. The third-order valence-electron chi connectivity index (χ3n) is 10.8. The molecular weight excluding hydrogens is 798 g/mol. The number of ether oxygens (including phenoxy) is 2. The summed E-state index contributed by atoms with van der Waals surface area (Å²) in [6.45, 7) is 4.35. The van der Waals surface area contributed by atoms with Crippen LogP contribution in [0.5, 0.6) is 0 Å². The summed E-state index contributed by atoms with van der Waals surface area (Å²) in [5, 5.41) is 0. The molecule has 0 amide bonds. The zero-order valence-electron chi connectivity index (χ0n) is 40.9. The molecule has 0 aromatic carbocycles. The molecule has 1 unspecified atom stereocenters. The molecule has 62 heavy (non-hydrogen) atoms. The Morgan fingerprint density at radius 2 is 0.903 bits per heavy atom. The molecule has 0 aromatic rings. The van der Waals surface area contributed by atoms with Crippen molar-refractivity contribution in [3.8, 4) is 0 Å². The first-order chi connectivity index (χ1) is 30.0. The zero-order valence-corrected chi connectivity index (χ0v) is 41.7. The SMILES string of the molecule is CCCCC/C=C/C/C=C/CCCCCCCC(=O)OC[C@H](COP(=O)(O)OCC[N+](C)(C)C)OC(=O)CCC/C=C/CC/C=C/CCCCCCCCCCCCCCCC. The second-order valence-corrected chi connectivity index (χ2v) is 19.6. The van der Waals surface area contributed by atoms with E-state index in [4.69, 9.17) is 18.5 Å². The maximum absolute atomic E-state index is 12.7. The van der Waals surface area contributed by atoms with E-state index < -0.39 is 32.5 Å². The molecule has 0 saturated heterocycles. The van der Waals surface area contributed by atoms with Gasteiger partial charge in [-0.3, -0.25) is 18.6 Å². The summed E-state index contributed by atoms with van der Waals surface area (Å²) in [4.78, 5) is 35.5. The number of quaternary nitrogens is 1. The number of carbonyl (C=O) groups excluding carboxylic acids is 2. The summed E-state index contributed by atoms with van der Waals surface area (Å²) < 4.78 is 34.3. The van der Waals surface area contributed by atoms with Crippen LogP contribution in [0.2, 0.25) is 0 Å². The van der Waals surface area contributed by atoms with Gasteiger partial charge in [0.15, 0.2) is 6.10 Å². The smallest absolute Gasteiger partial charge is 0.462 e. The third-order valence-corrected chi connectivity index (χ3v) is 11.8. The van der Waals surface area contributed by atoms with Gasteiger partial charge in [0.2, 0.25) is 0 Å². The maximum Gasteiger partial charge on any atom is 0.472 e. The van der Waals surface area contributed by atoms with Gasteiger partial charge < -0.3 is 18.9 Å². The van der Waals surface area contributed by atoms with Crippen molar-refractivity contribution in [1.82, 2.24) is 0 Å². The molecule has 9 nitrogen and oxygen atoms in total. The van der Waals surface area contributed by atoms with Crippen molar-refractivity contribution in [2.75, 3.05) is 47.5 Å². The van der Waals surface area contributed by atoms with E-state index in [2.05, 4.69) is 62.5 Å². The van der Waals surface area contributed by atoms with Crippen LogP contribution in [0.1, 0.15) is 219 Å². The van der Waals surface area contributed by atoms with Crippen LogP contribution in [0, 0.1) is 0 Å². The van der Waals surface area contributed by atoms with Crippen LogP contribution in [0.15, 0.2) is 48.6 Å². The number of nitrogens with zero attached hydrogens (tertiary/aromatic N) is 1.